The van der Waals surface area contributed by atoms with E-state index >= 15 is 0 Å². The van der Waals surface area contributed by atoms with Gasteiger partial charge in [0.05, 0.1) is 6.20 Å². The second-order valence-electron chi connectivity index (χ2n) is 1.26. The molecule has 0 atom stereocenters. The van der Waals surface area contributed by atoms with Crippen LogP contribution in [0.5, 0.6) is 0 Å². The average molecular weight is 131 g/mol. The van der Waals surface area contributed by atoms with E-state index < -0.39 is 0 Å². The second kappa shape index (κ2) is 4.61. The van der Waals surface area contributed by atoms with E-state index in [-0.39, 0.29) is 35.0 Å². The van der Waals surface area contributed by atoms with E-state index in [2.05, 4.69) is 9.97 Å². The molecular formula is C5H4N2NaO. The van der Waals surface area contributed by atoms with Crippen molar-refractivity contribution in [2.75, 3.05) is 0 Å². The minimum atomic E-state index is -0.123. The van der Waals surface area contributed by atoms with Crippen LogP contribution in [0.25, 0.3) is 0 Å². The molecule has 4 heteroatoms. The van der Waals surface area contributed by atoms with Crippen molar-refractivity contribution in [1.29, 1.82) is 0 Å². The maximum Gasteiger partial charge on any atom is 0.198 e. The second-order valence-corrected chi connectivity index (χ2v) is 1.26. The summed E-state index contributed by atoms with van der Waals surface area (Å²) < 4.78 is 0. The van der Waals surface area contributed by atoms with Gasteiger partial charge < -0.3 is 0 Å². The van der Waals surface area contributed by atoms with Crippen LogP contribution in [0.2, 0.25) is 0 Å². The molecule has 1 radical (unpaired) electrons. The molecule has 41 valence electrons. The van der Waals surface area contributed by atoms with Gasteiger partial charge in [-0.15, -0.1) is 0 Å². The van der Waals surface area contributed by atoms with Crippen molar-refractivity contribution in [3.8, 4) is 0 Å². The fraction of sp³-hybridized carbons (Fsp3) is 0. The fourth-order valence-corrected chi connectivity index (χ4v) is 0.343. The number of hydrogen-bond acceptors (Lipinski definition) is 3. The zero-order chi connectivity index (χ0) is 5.82. The normalized spacial score (nSPS) is 7.56. The van der Waals surface area contributed by atoms with E-state index in [1.54, 1.807) is 0 Å². The van der Waals surface area contributed by atoms with Gasteiger partial charge >= 0.3 is 0 Å². The van der Waals surface area contributed by atoms with Crippen molar-refractivity contribution in [3.63, 3.8) is 0 Å². The SMILES string of the molecule is O=c1ccncnc1.[Na]. The first kappa shape index (κ1) is 8.75. The van der Waals surface area contributed by atoms with Crippen LogP contribution >= 0.6 is 0 Å². The van der Waals surface area contributed by atoms with Crippen molar-refractivity contribution in [3.05, 3.63) is 35.0 Å². The summed E-state index contributed by atoms with van der Waals surface area (Å²) in [6.07, 6.45) is 3.95. The van der Waals surface area contributed by atoms with E-state index in [9.17, 15) is 4.79 Å². The van der Waals surface area contributed by atoms with E-state index in [1.807, 2.05) is 0 Å². The Labute approximate surface area is 74.5 Å². The first-order valence-corrected chi connectivity index (χ1v) is 2.15. The van der Waals surface area contributed by atoms with Gasteiger partial charge in [-0.3, -0.25) is 4.79 Å². The van der Waals surface area contributed by atoms with Crippen LogP contribution in [0, 0.1) is 0 Å². The molecule has 0 saturated carbocycles. The third-order valence-corrected chi connectivity index (χ3v) is 0.660. The summed E-state index contributed by atoms with van der Waals surface area (Å²) in [5.74, 6) is 0. The van der Waals surface area contributed by atoms with Crippen LogP contribution in [0.4, 0.5) is 0 Å². The van der Waals surface area contributed by atoms with E-state index in [1.165, 1.54) is 24.8 Å². The number of aromatic nitrogens is 2. The predicted octanol–water partition coefficient (Wildman–Crippen LogP) is -0.544. The van der Waals surface area contributed by atoms with Crippen LogP contribution in [-0.2, 0) is 0 Å². The van der Waals surface area contributed by atoms with Crippen molar-refractivity contribution >= 4 is 29.6 Å². The average Bonchev–Trinajstić information content (AvgIpc) is 1.94. The zero-order valence-corrected chi connectivity index (χ0v) is 7.11. The Morgan fingerprint density at radius 2 is 2.11 bits per heavy atom. The summed E-state index contributed by atoms with van der Waals surface area (Å²) in [6, 6.07) is 1.35. The summed E-state index contributed by atoms with van der Waals surface area (Å²) in [4.78, 5) is 17.5. The summed E-state index contributed by atoms with van der Waals surface area (Å²) in [7, 11) is 0. The van der Waals surface area contributed by atoms with Crippen LogP contribution in [0.15, 0.2) is 29.6 Å². The Bertz CT molecular complexity index is 206. The maximum atomic E-state index is 10.4. The molecule has 0 amide bonds. The fourth-order valence-electron chi connectivity index (χ4n) is 0.343. The van der Waals surface area contributed by atoms with Crippen molar-refractivity contribution in [2.45, 2.75) is 0 Å². The van der Waals surface area contributed by atoms with E-state index in [0.717, 1.165) is 0 Å². The zero-order valence-electron chi connectivity index (χ0n) is 5.11. The standard InChI is InChI=1S/C5H4N2O.Na/c8-5-1-2-6-4-7-3-5;/h1-4H;. The van der Waals surface area contributed by atoms with Gasteiger partial charge in [-0.25, -0.2) is 9.97 Å². The van der Waals surface area contributed by atoms with Gasteiger partial charge in [-0.2, -0.15) is 0 Å². The Morgan fingerprint density at radius 1 is 1.33 bits per heavy atom. The third kappa shape index (κ3) is 3.35. The van der Waals surface area contributed by atoms with Gasteiger partial charge in [0.15, 0.2) is 5.43 Å². The smallest absolute Gasteiger partial charge is 0.198 e. The molecule has 1 aromatic heterocycles. The number of nitrogens with zero attached hydrogens (tertiary/aromatic N) is 2. The van der Waals surface area contributed by atoms with Gasteiger partial charge in [-0.05, 0) is 0 Å². The Balaban J connectivity index is 0.000000640. The molecule has 3 nitrogen and oxygen atoms in total. The number of hydrogen-bond donors (Lipinski definition) is 0. The summed E-state index contributed by atoms with van der Waals surface area (Å²) in [5, 5.41) is 0. The molecule has 0 saturated heterocycles. The minimum Gasteiger partial charge on any atom is -0.288 e. The van der Waals surface area contributed by atoms with Crippen molar-refractivity contribution < 1.29 is 0 Å². The third-order valence-electron chi connectivity index (χ3n) is 0.660. The molecule has 0 spiro atoms. The van der Waals surface area contributed by atoms with Gasteiger partial charge in [0.2, 0.25) is 0 Å². The number of rotatable bonds is 0. The largest absolute Gasteiger partial charge is 0.288 e. The summed E-state index contributed by atoms with van der Waals surface area (Å²) in [6.45, 7) is 0. The molecule has 0 aliphatic heterocycles. The van der Waals surface area contributed by atoms with Gasteiger partial charge in [0, 0.05) is 41.8 Å². The summed E-state index contributed by atoms with van der Waals surface area (Å²) in [5.41, 5.74) is -0.123. The molecule has 0 unspecified atom stereocenters. The topological polar surface area (TPSA) is 42.9 Å². The monoisotopic (exact) mass is 131 g/mol. The molecule has 1 rings (SSSR count). The maximum absolute atomic E-state index is 10.4. The van der Waals surface area contributed by atoms with E-state index in [4.69, 9.17) is 0 Å². The van der Waals surface area contributed by atoms with Crippen LogP contribution in [0.1, 0.15) is 0 Å². The molecule has 0 aliphatic carbocycles. The molecule has 0 N–H and O–H groups in total. The van der Waals surface area contributed by atoms with E-state index in [0.29, 0.717) is 0 Å². The van der Waals surface area contributed by atoms with Gasteiger partial charge in [-0.1, -0.05) is 0 Å². The van der Waals surface area contributed by atoms with Crippen molar-refractivity contribution in [2.24, 2.45) is 0 Å². The van der Waals surface area contributed by atoms with Gasteiger partial charge in [0.25, 0.3) is 0 Å². The summed E-state index contributed by atoms with van der Waals surface area (Å²) >= 11 is 0. The molecular weight excluding hydrogens is 127 g/mol. The molecule has 0 bridgehead atoms. The van der Waals surface area contributed by atoms with Crippen LogP contribution in [0.3, 0.4) is 0 Å². The minimum absolute atomic E-state index is 0. The van der Waals surface area contributed by atoms with Crippen molar-refractivity contribution in [1.82, 2.24) is 9.97 Å². The molecule has 0 aliphatic rings. The Morgan fingerprint density at radius 3 is 2.89 bits per heavy atom. The molecule has 0 aromatic carbocycles. The predicted molar refractivity (Wildman–Crippen MR) is 34.1 cm³/mol. The Kier molecular flexibility index (Phi) is 4.48. The Hall–Kier alpha value is -0.250. The first-order chi connectivity index (χ1) is 3.89. The molecule has 9 heavy (non-hydrogen) atoms. The molecule has 1 aromatic rings. The quantitative estimate of drug-likeness (QED) is 0.444. The first-order valence-electron chi connectivity index (χ1n) is 2.15. The van der Waals surface area contributed by atoms with Gasteiger partial charge in [0.1, 0.15) is 6.33 Å². The molecule has 1 heterocycles. The molecule has 0 fully saturated rings. The van der Waals surface area contributed by atoms with Crippen LogP contribution in [-0.4, -0.2) is 39.5 Å². The van der Waals surface area contributed by atoms with Crippen LogP contribution < -0.4 is 5.43 Å².